The third-order valence-electron chi connectivity index (χ3n) is 0.522. The van der Waals surface area contributed by atoms with Crippen molar-refractivity contribution in [3.63, 3.8) is 0 Å². The fourth-order valence-corrected chi connectivity index (χ4v) is 0.144. The van der Waals surface area contributed by atoms with E-state index in [-0.39, 0.29) is 5.91 Å². The Labute approximate surface area is 56.1 Å². The topological polar surface area (TPSA) is 46.3 Å². The van der Waals surface area contributed by atoms with Crippen molar-refractivity contribution in [1.82, 2.24) is 5.01 Å². The van der Waals surface area contributed by atoms with Gasteiger partial charge in [-0.05, 0) is 6.08 Å². The molecule has 0 spiro atoms. The van der Waals surface area contributed by atoms with Crippen LogP contribution in [0.4, 0.5) is 0 Å². The molecule has 0 aromatic carbocycles. The Kier molecular flexibility index (Phi) is 8.79. The van der Waals surface area contributed by atoms with Gasteiger partial charge in [-0.25, -0.2) is 5.84 Å². The van der Waals surface area contributed by atoms with Crippen LogP contribution in [0.25, 0.3) is 0 Å². The molecule has 0 heterocycles. The van der Waals surface area contributed by atoms with E-state index in [1.54, 1.807) is 0 Å². The molecule has 9 heavy (non-hydrogen) atoms. The SMILES string of the molecule is C=CC(=O)N(C)N.CC. The minimum absolute atomic E-state index is 0.278. The van der Waals surface area contributed by atoms with Gasteiger partial charge < -0.3 is 0 Å². The van der Waals surface area contributed by atoms with E-state index < -0.39 is 0 Å². The van der Waals surface area contributed by atoms with Gasteiger partial charge in [0.05, 0.1) is 0 Å². The van der Waals surface area contributed by atoms with Gasteiger partial charge in [-0.15, -0.1) is 0 Å². The molecule has 1 amide bonds. The van der Waals surface area contributed by atoms with Crippen molar-refractivity contribution in [1.29, 1.82) is 0 Å². The molecule has 0 atom stereocenters. The van der Waals surface area contributed by atoms with Crippen LogP contribution in [-0.2, 0) is 4.79 Å². The molecule has 2 N–H and O–H groups in total. The Balaban J connectivity index is 0. The summed E-state index contributed by atoms with van der Waals surface area (Å²) in [4.78, 5) is 10.2. The van der Waals surface area contributed by atoms with Gasteiger partial charge >= 0.3 is 0 Å². The normalized spacial score (nSPS) is 6.67. The Bertz CT molecular complexity index is 89.1. The highest BCUT2D eigenvalue weighted by Gasteiger charge is 1.92. The summed E-state index contributed by atoms with van der Waals surface area (Å²) in [5, 5.41) is 0.965. The quantitative estimate of drug-likeness (QED) is 0.243. The Morgan fingerprint density at radius 1 is 1.67 bits per heavy atom. The van der Waals surface area contributed by atoms with Gasteiger partial charge in [0.25, 0.3) is 5.91 Å². The van der Waals surface area contributed by atoms with Crippen LogP contribution in [0.5, 0.6) is 0 Å². The Hall–Kier alpha value is -0.830. The average Bonchev–Trinajstić information content (AvgIpc) is 1.91. The maximum Gasteiger partial charge on any atom is 0.259 e. The van der Waals surface area contributed by atoms with Crippen molar-refractivity contribution in [2.24, 2.45) is 5.84 Å². The predicted octanol–water partition coefficient (Wildman–Crippen LogP) is 0.531. The number of carbonyl (C=O) groups excluding carboxylic acids is 1. The lowest BCUT2D eigenvalue weighted by atomic mass is 10.6. The number of amides is 1. The minimum Gasteiger partial charge on any atom is -0.280 e. The second-order valence-electron chi connectivity index (χ2n) is 1.15. The van der Waals surface area contributed by atoms with E-state index in [9.17, 15) is 4.79 Å². The molecule has 54 valence electrons. The number of nitrogens with zero attached hydrogens (tertiary/aromatic N) is 1. The molecule has 0 rings (SSSR count). The lowest BCUT2D eigenvalue weighted by Crippen LogP contribution is -2.31. The molecule has 0 saturated carbocycles. The number of rotatable bonds is 1. The summed E-state index contributed by atoms with van der Waals surface area (Å²) in [6.07, 6.45) is 1.15. The zero-order valence-corrected chi connectivity index (χ0v) is 6.22. The van der Waals surface area contributed by atoms with Gasteiger partial charge in [0.2, 0.25) is 0 Å². The molecule has 0 radical (unpaired) electrons. The van der Waals surface area contributed by atoms with Crippen LogP contribution in [-0.4, -0.2) is 18.0 Å². The average molecular weight is 130 g/mol. The van der Waals surface area contributed by atoms with Crippen LogP contribution in [0.2, 0.25) is 0 Å². The van der Waals surface area contributed by atoms with Crippen molar-refractivity contribution in [3.05, 3.63) is 12.7 Å². The van der Waals surface area contributed by atoms with E-state index in [1.165, 1.54) is 7.05 Å². The third kappa shape index (κ3) is 7.17. The maximum atomic E-state index is 10.2. The molecule has 0 aliphatic heterocycles. The molecule has 0 saturated heterocycles. The van der Waals surface area contributed by atoms with Gasteiger partial charge in [0.1, 0.15) is 0 Å². The summed E-state index contributed by atoms with van der Waals surface area (Å²) in [6, 6.07) is 0. The fraction of sp³-hybridized carbons (Fsp3) is 0.500. The molecule has 0 bridgehead atoms. The van der Waals surface area contributed by atoms with Gasteiger partial charge in [0.15, 0.2) is 0 Å². The standard InChI is InChI=1S/C4H8N2O.C2H6/c1-3-4(7)6(2)5;1-2/h3H,1,5H2,2H3;1-2H3. The predicted molar refractivity (Wildman–Crippen MR) is 38.5 cm³/mol. The van der Waals surface area contributed by atoms with Gasteiger partial charge in [-0.3, -0.25) is 9.80 Å². The number of hydrazine groups is 1. The number of carbonyl (C=O) groups is 1. The zero-order valence-electron chi connectivity index (χ0n) is 6.22. The summed E-state index contributed by atoms with van der Waals surface area (Å²) >= 11 is 0. The van der Waals surface area contributed by atoms with Crippen LogP contribution in [0, 0.1) is 0 Å². The summed E-state index contributed by atoms with van der Waals surface area (Å²) < 4.78 is 0. The van der Waals surface area contributed by atoms with E-state index in [2.05, 4.69) is 6.58 Å². The molecule has 0 fully saturated rings. The largest absolute Gasteiger partial charge is 0.280 e. The molecule has 0 aromatic rings. The second kappa shape index (κ2) is 7.17. The van der Waals surface area contributed by atoms with E-state index >= 15 is 0 Å². The number of hydrogen-bond donors (Lipinski definition) is 1. The van der Waals surface area contributed by atoms with E-state index in [0.29, 0.717) is 0 Å². The molecule has 3 heteroatoms. The van der Waals surface area contributed by atoms with Gasteiger partial charge in [-0.1, -0.05) is 20.4 Å². The monoisotopic (exact) mass is 130 g/mol. The van der Waals surface area contributed by atoms with Crippen molar-refractivity contribution < 1.29 is 4.79 Å². The summed E-state index contributed by atoms with van der Waals surface area (Å²) in [6.45, 7) is 7.21. The summed E-state index contributed by atoms with van der Waals surface area (Å²) in [5.41, 5.74) is 0. The molecule has 0 aliphatic rings. The first-order chi connectivity index (χ1) is 4.18. The Morgan fingerprint density at radius 3 is 2.00 bits per heavy atom. The van der Waals surface area contributed by atoms with E-state index in [4.69, 9.17) is 5.84 Å². The highest BCUT2D eigenvalue weighted by Crippen LogP contribution is 1.70. The molecule has 3 nitrogen and oxygen atoms in total. The number of likely N-dealkylation sites (N-methyl/N-ethyl adjacent to an activating group) is 1. The number of nitrogens with two attached hydrogens (primary N) is 1. The van der Waals surface area contributed by atoms with Gasteiger partial charge in [-0.2, -0.15) is 0 Å². The highest BCUT2D eigenvalue weighted by atomic mass is 16.2. The second-order valence-corrected chi connectivity index (χ2v) is 1.15. The van der Waals surface area contributed by atoms with Crippen molar-refractivity contribution in [3.8, 4) is 0 Å². The molecule has 0 unspecified atom stereocenters. The first-order valence-corrected chi connectivity index (χ1v) is 2.83. The lowest BCUT2D eigenvalue weighted by Gasteiger charge is -2.03. The summed E-state index contributed by atoms with van der Waals surface area (Å²) in [7, 11) is 1.46. The van der Waals surface area contributed by atoms with Crippen LogP contribution >= 0.6 is 0 Å². The highest BCUT2D eigenvalue weighted by molar-refractivity contribution is 5.86. The first-order valence-electron chi connectivity index (χ1n) is 2.83. The minimum atomic E-state index is -0.278. The smallest absolute Gasteiger partial charge is 0.259 e. The molecular formula is C6H14N2O. The maximum absolute atomic E-state index is 10.2. The van der Waals surface area contributed by atoms with E-state index in [0.717, 1.165) is 11.1 Å². The fourth-order valence-electron chi connectivity index (χ4n) is 0.144. The van der Waals surface area contributed by atoms with Crippen LogP contribution in [0.3, 0.4) is 0 Å². The van der Waals surface area contributed by atoms with Crippen molar-refractivity contribution in [2.75, 3.05) is 7.05 Å². The zero-order chi connectivity index (χ0) is 7.86. The number of hydrogen-bond acceptors (Lipinski definition) is 2. The van der Waals surface area contributed by atoms with Gasteiger partial charge in [0, 0.05) is 7.05 Å². The van der Waals surface area contributed by atoms with Crippen LogP contribution < -0.4 is 5.84 Å². The van der Waals surface area contributed by atoms with Crippen LogP contribution in [0.15, 0.2) is 12.7 Å². The molecule has 0 aromatic heterocycles. The first kappa shape index (κ1) is 11.0. The van der Waals surface area contributed by atoms with Crippen molar-refractivity contribution >= 4 is 5.91 Å². The summed E-state index contributed by atoms with van der Waals surface area (Å²) in [5.74, 6) is 4.68. The third-order valence-corrected chi connectivity index (χ3v) is 0.522. The molecule has 0 aliphatic carbocycles. The van der Waals surface area contributed by atoms with Crippen LogP contribution in [0.1, 0.15) is 13.8 Å². The van der Waals surface area contributed by atoms with Crippen molar-refractivity contribution in [2.45, 2.75) is 13.8 Å². The Morgan fingerprint density at radius 2 is 2.00 bits per heavy atom. The molecular weight excluding hydrogens is 116 g/mol. The lowest BCUT2D eigenvalue weighted by molar-refractivity contribution is -0.124. The van der Waals surface area contributed by atoms with E-state index in [1.807, 2.05) is 13.8 Å².